The van der Waals surface area contributed by atoms with Crippen molar-refractivity contribution in [2.24, 2.45) is 5.41 Å². The van der Waals surface area contributed by atoms with Crippen molar-refractivity contribution in [3.05, 3.63) is 62.3 Å². The van der Waals surface area contributed by atoms with Gasteiger partial charge in [0, 0.05) is 6.04 Å². The van der Waals surface area contributed by atoms with Crippen LogP contribution in [-0.2, 0) is 11.3 Å². The van der Waals surface area contributed by atoms with Crippen LogP contribution < -0.4 is 10.9 Å². The number of ether oxygens (including phenoxy) is 1. The van der Waals surface area contributed by atoms with Crippen molar-refractivity contribution in [1.29, 1.82) is 0 Å². The molecule has 0 saturated heterocycles. The Morgan fingerprint density at radius 1 is 1.31 bits per heavy atom. The van der Waals surface area contributed by atoms with Crippen LogP contribution in [0.5, 0.6) is 0 Å². The SMILES string of the molecule is COC(=O)c1sc2nc(CNC(c3ccc(F)cc3)C(C)(C)C)[nH]c(=O)c2c1C. The highest BCUT2D eigenvalue weighted by Crippen LogP contribution is 2.33. The van der Waals surface area contributed by atoms with E-state index >= 15 is 0 Å². The zero-order valence-corrected chi connectivity index (χ0v) is 17.9. The van der Waals surface area contributed by atoms with E-state index in [0.29, 0.717) is 33.0 Å². The molecular weight excluding hydrogens is 393 g/mol. The highest BCUT2D eigenvalue weighted by molar-refractivity contribution is 7.20. The fraction of sp³-hybridized carbons (Fsp3) is 0.381. The molecule has 3 rings (SSSR count). The molecule has 2 N–H and O–H groups in total. The van der Waals surface area contributed by atoms with E-state index in [9.17, 15) is 14.0 Å². The summed E-state index contributed by atoms with van der Waals surface area (Å²) in [5.41, 5.74) is 1.08. The average Bonchev–Trinajstić information content (AvgIpc) is 2.98. The van der Waals surface area contributed by atoms with Gasteiger partial charge in [0.2, 0.25) is 0 Å². The van der Waals surface area contributed by atoms with E-state index in [2.05, 4.69) is 36.1 Å². The minimum absolute atomic E-state index is 0.0835. The molecule has 0 spiro atoms. The topological polar surface area (TPSA) is 84.1 Å². The number of carbonyl (C=O) groups is 1. The minimum atomic E-state index is -0.478. The van der Waals surface area contributed by atoms with Gasteiger partial charge in [0.05, 0.1) is 19.0 Å². The first-order valence-electron chi connectivity index (χ1n) is 9.21. The molecule has 8 heteroatoms. The molecule has 0 aliphatic carbocycles. The number of nitrogens with zero attached hydrogens (tertiary/aromatic N) is 1. The van der Waals surface area contributed by atoms with Gasteiger partial charge in [0.25, 0.3) is 5.56 Å². The molecule has 0 saturated carbocycles. The van der Waals surface area contributed by atoms with E-state index in [1.807, 2.05) is 0 Å². The van der Waals surface area contributed by atoms with Gasteiger partial charge in [-0.2, -0.15) is 0 Å². The second-order valence-electron chi connectivity index (χ2n) is 7.97. The fourth-order valence-corrected chi connectivity index (χ4v) is 4.46. The van der Waals surface area contributed by atoms with Gasteiger partial charge in [-0.15, -0.1) is 11.3 Å². The van der Waals surface area contributed by atoms with E-state index in [0.717, 1.165) is 16.9 Å². The predicted octanol–water partition coefficient (Wildman–Crippen LogP) is 4.10. The Labute approximate surface area is 172 Å². The number of hydrogen-bond acceptors (Lipinski definition) is 6. The number of carbonyl (C=O) groups excluding carboxylic acids is 1. The molecule has 2 aromatic heterocycles. The second kappa shape index (κ2) is 8.04. The third-order valence-electron chi connectivity index (χ3n) is 4.76. The summed E-state index contributed by atoms with van der Waals surface area (Å²) in [5.74, 6) is -0.294. The first kappa shape index (κ1) is 21.1. The first-order valence-corrected chi connectivity index (χ1v) is 10.0. The lowest BCUT2D eigenvalue weighted by molar-refractivity contribution is 0.0605. The zero-order valence-electron chi connectivity index (χ0n) is 17.1. The van der Waals surface area contributed by atoms with Gasteiger partial charge in [-0.25, -0.2) is 14.2 Å². The molecule has 0 aliphatic rings. The standard InChI is InChI=1S/C21H24FN3O3S/c1-11-15-18(26)24-14(25-19(15)29-16(11)20(27)28-5)10-23-17(21(2,3)4)12-6-8-13(22)9-7-12/h6-9,17,23H,10H2,1-5H3,(H,24,25,26). The van der Waals surface area contributed by atoms with Crippen molar-refractivity contribution >= 4 is 27.5 Å². The van der Waals surface area contributed by atoms with Crippen molar-refractivity contribution in [2.45, 2.75) is 40.3 Å². The normalized spacial score (nSPS) is 12.9. The van der Waals surface area contributed by atoms with Gasteiger partial charge >= 0.3 is 5.97 Å². The van der Waals surface area contributed by atoms with E-state index in [-0.39, 0.29) is 22.8 Å². The van der Waals surface area contributed by atoms with E-state index in [4.69, 9.17) is 4.74 Å². The number of halogens is 1. The van der Waals surface area contributed by atoms with Crippen LogP contribution in [0.3, 0.4) is 0 Å². The van der Waals surface area contributed by atoms with Crippen LogP contribution in [0.15, 0.2) is 29.1 Å². The first-order chi connectivity index (χ1) is 13.6. The summed E-state index contributed by atoms with van der Waals surface area (Å²) in [6.45, 7) is 8.27. The molecule has 154 valence electrons. The molecule has 1 unspecified atom stereocenters. The van der Waals surface area contributed by atoms with Crippen LogP contribution in [0, 0.1) is 18.2 Å². The average molecular weight is 418 g/mol. The largest absolute Gasteiger partial charge is 0.465 e. The predicted molar refractivity (Wildman–Crippen MR) is 112 cm³/mol. The Bertz CT molecular complexity index is 1100. The molecular formula is C21H24FN3O3S. The maximum Gasteiger partial charge on any atom is 0.348 e. The molecule has 1 aromatic carbocycles. The summed E-state index contributed by atoms with van der Waals surface area (Å²) in [6.07, 6.45) is 0. The molecule has 0 fully saturated rings. The molecule has 0 radical (unpaired) electrons. The van der Waals surface area contributed by atoms with Gasteiger partial charge in [0.15, 0.2) is 0 Å². The van der Waals surface area contributed by atoms with E-state index in [1.165, 1.54) is 19.2 Å². The number of rotatable bonds is 5. The molecule has 0 aliphatic heterocycles. The lowest BCUT2D eigenvalue weighted by Gasteiger charge is -2.32. The van der Waals surface area contributed by atoms with Gasteiger partial charge in [-0.3, -0.25) is 4.79 Å². The van der Waals surface area contributed by atoms with Crippen LogP contribution in [0.1, 0.15) is 53.4 Å². The number of nitrogens with one attached hydrogen (secondary N) is 2. The summed E-state index contributed by atoms with van der Waals surface area (Å²) in [6, 6.07) is 6.29. The van der Waals surface area contributed by atoms with Crippen molar-refractivity contribution in [2.75, 3.05) is 7.11 Å². The third kappa shape index (κ3) is 4.38. The van der Waals surface area contributed by atoms with Crippen LogP contribution >= 0.6 is 11.3 Å². The maximum atomic E-state index is 13.3. The summed E-state index contributed by atoms with van der Waals surface area (Å²) < 4.78 is 18.1. The summed E-state index contributed by atoms with van der Waals surface area (Å²) in [5, 5.41) is 3.82. The summed E-state index contributed by atoms with van der Waals surface area (Å²) in [4.78, 5) is 32.7. The monoisotopic (exact) mass is 417 g/mol. The van der Waals surface area contributed by atoms with Crippen LogP contribution in [0.2, 0.25) is 0 Å². The Kier molecular flexibility index (Phi) is 5.86. The number of fused-ring (bicyclic) bond motifs is 1. The number of aryl methyl sites for hydroxylation is 1. The smallest absolute Gasteiger partial charge is 0.348 e. The number of methoxy groups -OCH3 is 1. The lowest BCUT2D eigenvalue weighted by Crippen LogP contribution is -2.33. The van der Waals surface area contributed by atoms with Gasteiger partial charge < -0.3 is 15.0 Å². The Balaban J connectivity index is 1.91. The zero-order chi connectivity index (χ0) is 21.3. The molecule has 6 nitrogen and oxygen atoms in total. The highest BCUT2D eigenvalue weighted by atomic mass is 32.1. The number of aromatic nitrogens is 2. The number of hydrogen-bond donors (Lipinski definition) is 2. The molecule has 1 atom stereocenters. The van der Waals surface area contributed by atoms with E-state index < -0.39 is 5.97 Å². The van der Waals surface area contributed by atoms with Crippen LogP contribution in [0.25, 0.3) is 10.2 Å². The Morgan fingerprint density at radius 3 is 2.55 bits per heavy atom. The number of thiophene rings is 1. The highest BCUT2D eigenvalue weighted by Gasteiger charge is 2.26. The Morgan fingerprint density at radius 2 is 1.97 bits per heavy atom. The van der Waals surface area contributed by atoms with Gasteiger partial charge in [0.1, 0.15) is 21.3 Å². The molecule has 0 amide bonds. The van der Waals surface area contributed by atoms with Gasteiger partial charge in [-0.05, 0) is 35.6 Å². The minimum Gasteiger partial charge on any atom is -0.465 e. The number of H-pyrrole nitrogens is 1. The van der Waals surface area contributed by atoms with Crippen LogP contribution in [-0.4, -0.2) is 23.0 Å². The van der Waals surface area contributed by atoms with Crippen molar-refractivity contribution < 1.29 is 13.9 Å². The number of esters is 1. The number of benzene rings is 1. The summed E-state index contributed by atoms with van der Waals surface area (Å²) >= 11 is 1.15. The van der Waals surface area contributed by atoms with Crippen molar-refractivity contribution in [3.63, 3.8) is 0 Å². The van der Waals surface area contributed by atoms with Crippen molar-refractivity contribution in [3.8, 4) is 0 Å². The third-order valence-corrected chi connectivity index (χ3v) is 5.93. The summed E-state index contributed by atoms with van der Waals surface area (Å²) in [7, 11) is 1.31. The van der Waals surface area contributed by atoms with Crippen LogP contribution in [0.4, 0.5) is 4.39 Å². The second-order valence-corrected chi connectivity index (χ2v) is 8.97. The number of aromatic amines is 1. The molecule has 2 heterocycles. The van der Waals surface area contributed by atoms with E-state index in [1.54, 1.807) is 19.1 Å². The quantitative estimate of drug-likeness (QED) is 0.611. The molecule has 29 heavy (non-hydrogen) atoms. The molecule has 0 bridgehead atoms. The fourth-order valence-electron chi connectivity index (χ4n) is 3.34. The van der Waals surface area contributed by atoms with Gasteiger partial charge in [-0.1, -0.05) is 32.9 Å². The maximum absolute atomic E-state index is 13.3. The molecule has 3 aromatic rings. The Hall–Kier alpha value is -2.58. The lowest BCUT2D eigenvalue weighted by atomic mass is 9.82. The van der Waals surface area contributed by atoms with Crippen molar-refractivity contribution in [1.82, 2.24) is 15.3 Å².